The van der Waals surface area contributed by atoms with E-state index in [-0.39, 0.29) is 29.5 Å². The van der Waals surface area contributed by atoms with E-state index in [1.807, 2.05) is 24.3 Å². The number of amides is 1. The molecule has 1 aliphatic heterocycles. The Morgan fingerprint density at radius 2 is 1.83 bits per heavy atom. The Balaban J connectivity index is 1.81. The van der Waals surface area contributed by atoms with Crippen molar-refractivity contribution in [1.29, 1.82) is 0 Å². The minimum atomic E-state index is -4.08. The summed E-state index contributed by atoms with van der Waals surface area (Å²) in [5, 5.41) is 0. The number of ether oxygens (including phenoxy) is 1. The number of hydrogen-bond acceptors (Lipinski definition) is 5. The topological polar surface area (TPSA) is 99.8 Å². The average Bonchev–Trinajstić information content (AvgIpc) is 3.02. The van der Waals surface area contributed by atoms with Crippen LogP contribution in [0.2, 0.25) is 0 Å². The zero-order valence-electron chi connectivity index (χ0n) is 17.7. The standard InChI is InChI=1S/C21H27N3O5S/c1-5-29-21(26)19-14(2)22-15(3)20(19)30(27,28)23(4)13-18(25)24-11-10-16-8-6-7-9-17(16)12-24/h6-9,22H,5,10-13H2,1-4H3. The van der Waals surface area contributed by atoms with Crippen LogP contribution in [0.15, 0.2) is 29.2 Å². The van der Waals surface area contributed by atoms with Crippen LogP contribution in [0.1, 0.15) is 39.8 Å². The van der Waals surface area contributed by atoms with Gasteiger partial charge in [-0.2, -0.15) is 4.31 Å². The fourth-order valence-corrected chi connectivity index (χ4v) is 5.29. The fourth-order valence-electron chi connectivity index (χ4n) is 3.77. The van der Waals surface area contributed by atoms with Crippen LogP contribution in [0, 0.1) is 13.8 Å². The molecular weight excluding hydrogens is 406 g/mol. The van der Waals surface area contributed by atoms with Gasteiger partial charge >= 0.3 is 5.97 Å². The summed E-state index contributed by atoms with van der Waals surface area (Å²) in [7, 11) is -2.73. The lowest BCUT2D eigenvalue weighted by atomic mass is 10.00. The first-order valence-electron chi connectivity index (χ1n) is 9.84. The Labute approximate surface area is 176 Å². The van der Waals surface area contributed by atoms with E-state index >= 15 is 0 Å². The monoisotopic (exact) mass is 433 g/mol. The normalized spacial score (nSPS) is 14.0. The van der Waals surface area contributed by atoms with Crippen LogP contribution in [-0.4, -0.2) is 61.2 Å². The van der Waals surface area contributed by atoms with Crippen molar-refractivity contribution in [2.24, 2.45) is 0 Å². The summed E-state index contributed by atoms with van der Waals surface area (Å²) in [5.74, 6) is -0.983. The second-order valence-corrected chi connectivity index (χ2v) is 9.38. The molecule has 1 N–H and O–H groups in total. The van der Waals surface area contributed by atoms with E-state index in [0.29, 0.717) is 24.5 Å². The van der Waals surface area contributed by atoms with Crippen molar-refractivity contribution in [3.63, 3.8) is 0 Å². The number of aromatic nitrogens is 1. The van der Waals surface area contributed by atoms with E-state index in [2.05, 4.69) is 4.98 Å². The van der Waals surface area contributed by atoms with E-state index in [9.17, 15) is 18.0 Å². The van der Waals surface area contributed by atoms with E-state index in [0.717, 1.165) is 16.3 Å². The number of H-pyrrole nitrogens is 1. The van der Waals surface area contributed by atoms with Crippen molar-refractivity contribution in [2.75, 3.05) is 26.7 Å². The van der Waals surface area contributed by atoms with Crippen LogP contribution in [0.4, 0.5) is 0 Å². The molecule has 0 saturated carbocycles. The summed E-state index contributed by atoms with van der Waals surface area (Å²) in [4.78, 5) is 29.6. The summed E-state index contributed by atoms with van der Waals surface area (Å²) in [5.41, 5.74) is 3.02. The maximum absolute atomic E-state index is 13.2. The third-order valence-electron chi connectivity index (χ3n) is 5.31. The van der Waals surface area contributed by atoms with Crippen molar-refractivity contribution in [2.45, 2.75) is 38.6 Å². The van der Waals surface area contributed by atoms with Gasteiger partial charge in [-0.15, -0.1) is 0 Å². The highest BCUT2D eigenvalue weighted by atomic mass is 32.2. The predicted octanol–water partition coefficient (Wildman–Crippen LogP) is 2.01. The van der Waals surface area contributed by atoms with Crippen LogP contribution in [0.5, 0.6) is 0 Å². The Morgan fingerprint density at radius 3 is 2.50 bits per heavy atom. The number of likely N-dealkylation sites (N-methyl/N-ethyl adjacent to an activating group) is 1. The first-order chi connectivity index (χ1) is 14.2. The molecule has 30 heavy (non-hydrogen) atoms. The Kier molecular flexibility index (Phi) is 6.33. The minimum Gasteiger partial charge on any atom is -0.462 e. The highest BCUT2D eigenvalue weighted by Crippen LogP contribution is 2.27. The molecule has 2 heterocycles. The molecule has 162 valence electrons. The lowest BCUT2D eigenvalue weighted by molar-refractivity contribution is -0.132. The number of aryl methyl sites for hydroxylation is 2. The minimum absolute atomic E-state index is 0.0134. The number of fused-ring (bicyclic) bond motifs is 1. The fraction of sp³-hybridized carbons (Fsp3) is 0.429. The first kappa shape index (κ1) is 22.0. The predicted molar refractivity (Wildman–Crippen MR) is 112 cm³/mol. The van der Waals surface area contributed by atoms with Gasteiger partial charge < -0.3 is 14.6 Å². The summed E-state index contributed by atoms with van der Waals surface area (Å²) in [6, 6.07) is 7.92. The van der Waals surface area contributed by atoms with Gasteiger partial charge in [-0.3, -0.25) is 4.79 Å². The summed E-state index contributed by atoms with van der Waals surface area (Å²) >= 11 is 0. The summed E-state index contributed by atoms with van der Waals surface area (Å²) < 4.78 is 32.5. The largest absolute Gasteiger partial charge is 0.462 e. The van der Waals surface area contributed by atoms with Crippen molar-refractivity contribution >= 4 is 21.9 Å². The Hall–Kier alpha value is -2.65. The molecular formula is C21H27N3O5S. The third kappa shape index (κ3) is 4.13. The number of nitrogens with zero attached hydrogens (tertiary/aromatic N) is 2. The second-order valence-electron chi connectivity index (χ2n) is 7.39. The van der Waals surface area contributed by atoms with Crippen LogP contribution in [0.3, 0.4) is 0 Å². The average molecular weight is 434 g/mol. The van der Waals surface area contributed by atoms with Gasteiger partial charge in [0.05, 0.1) is 13.2 Å². The summed E-state index contributed by atoms with van der Waals surface area (Å²) in [6.07, 6.45) is 0.738. The highest BCUT2D eigenvalue weighted by molar-refractivity contribution is 7.89. The maximum Gasteiger partial charge on any atom is 0.341 e. The number of hydrogen-bond donors (Lipinski definition) is 1. The van der Waals surface area contributed by atoms with Gasteiger partial charge in [0.15, 0.2) is 0 Å². The first-order valence-corrected chi connectivity index (χ1v) is 11.3. The van der Waals surface area contributed by atoms with Gasteiger partial charge in [0.2, 0.25) is 15.9 Å². The molecule has 0 saturated heterocycles. The smallest absolute Gasteiger partial charge is 0.341 e. The van der Waals surface area contributed by atoms with E-state index in [1.54, 1.807) is 25.7 Å². The molecule has 0 aliphatic carbocycles. The molecule has 0 unspecified atom stereocenters. The van der Waals surface area contributed by atoms with E-state index in [4.69, 9.17) is 4.74 Å². The summed E-state index contributed by atoms with van der Waals surface area (Å²) in [6.45, 7) is 5.68. The van der Waals surface area contributed by atoms with Crippen LogP contribution in [0.25, 0.3) is 0 Å². The van der Waals surface area contributed by atoms with E-state index in [1.165, 1.54) is 12.6 Å². The number of carbonyl (C=O) groups is 2. The van der Waals surface area contributed by atoms with Gasteiger partial charge in [0.25, 0.3) is 0 Å². The number of rotatable bonds is 6. The van der Waals surface area contributed by atoms with Gasteiger partial charge in [-0.05, 0) is 38.3 Å². The molecule has 1 aliphatic rings. The van der Waals surface area contributed by atoms with Gasteiger partial charge in [-0.25, -0.2) is 13.2 Å². The molecule has 0 fully saturated rings. The molecule has 0 atom stereocenters. The van der Waals surface area contributed by atoms with Crippen LogP contribution < -0.4 is 0 Å². The molecule has 9 heteroatoms. The zero-order valence-corrected chi connectivity index (χ0v) is 18.5. The number of sulfonamides is 1. The lowest BCUT2D eigenvalue weighted by Gasteiger charge is -2.30. The quantitative estimate of drug-likeness (QED) is 0.703. The third-order valence-corrected chi connectivity index (χ3v) is 7.28. The van der Waals surface area contributed by atoms with Crippen LogP contribution in [-0.2, 0) is 32.5 Å². The number of aromatic amines is 1. The highest BCUT2D eigenvalue weighted by Gasteiger charge is 2.34. The van der Waals surface area contributed by atoms with Crippen molar-refractivity contribution in [1.82, 2.24) is 14.2 Å². The molecule has 2 aromatic rings. The molecule has 0 spiro atoms. The molecule has 1 aromatic carbocycles. The number of nitrogens with one attached hydrogen (secondary N) is 1. The Morgan fingerprint density at radius 1 is 1.17 bits per heavy atom. The van der Waals surface area contributed by atoms with Crippen molar-refractivity contribution in [3.8, 4) is 0 Å². The van der Waals surface area contributed by atoms with E-state index < -0.39 is 16.0 Å². The van der Waals surface area contributed by atoms with Gasteiger partial charge in [0.1, 0.15) is 10.5 Å². The molecule has 1 amide bonds. The lowest BCUT2D eigenvalue weighted by Crippen LogP contribution is -2.43. The van der Waals surface area contributed by atoms with Crippen LogP contribution >= 0.6 is 0 Å². The molecule has 0 bridgehead atoms. The number of esters is 1. The molecule has 3 rings (SSSR count). The number of carbonyl (C=O) groups excluding carboxylic acids is 2. The maximum atomic E-state index is 13.2. The van der Waals surface area contributed by atoms with Crippen molar-refractivity contribution < 1.29 is 22.7 Å². The van der Waals surface area contributed by atoms with Gasteiger partial charge in [-0.1, -0.05) is 24.3 Å². The zero-order chi connectivity index (χ0) is 22.1. The number of benzene rings is 1. The SMILES string of the molecule is CCOC(=O)c1c(C)[nH]c(C)c1S(=O)(=O)N(C)CC(=O)N1CCc2ccccc2C1. The Bertz CT molecular complexity index is 1070. The second kappa shape index (κ2) is 8.61. The van der Waals surface area contributed by atoms with Crippen molar-refractivity contribution in [3.05, 3.63) is 52.3 Å². The molecule has 1 aromatic heterocycles. The molecule has 8 nitrogen and oxygen atoms in total. The molecule has 0 radical (unpaired) electrons. The van der Waals surface area contributed by atoms with Gasteiger partial charge in [0, 0.05) is 31.5 Å².